The molecule has 2 N–H and O–H groups in total. The minimum atomic E-state index is 0.551. The van der Waals surface area contributed by atoms with E-state index >= 15 is 0 Å². The molecule has 1 aliphatic rings. The Morgan fingerprint density at radius 1 is 1.08 bits per heavy atom. The van der Waals surface area contributed by atoms with Gasteiger partial charge in [0.25, 0.3) is 0 Å². The summed E-state index contributed by atoms with van der Waals surface area (Å²) in [6.07, 6.45) is 7.81. The summed E-state index contributed by atoms with van der Waals surface area (Å²) in [4.78, 5) is 14.5. The van der Waals surface area contributed by atoms with Gasteiger partial charge >= 0.3 is 0 Å². The highest BCUT2D eigenvalue weighted by atomic mass is 32.1. The highest BCUT2D eigenvalue weighted by Gasteiger charge is 2.16. The van der Waals surface area contributed by atoms with Crippen molar-refractivity contribution in [3.63, 3.8) is 0 Å². The van der Waals surface area contributed by atoms with Gasteiger partial charge in [0.1, 0.15) is 5.82 Å². The first kappa shape index (κ1) is 15.2. The SMILES string of the molecule is c1cncc(-c2cnc(Nc3cccc(C4CCNCC4)n3)s2)c1. The molecular weight excluding hydrogens is 318 g/mol. The van der Waals surface area contributed by atoms with E-state index in [2.05, 4.69) is 32.7 Å². The molecule has 4 heterocycles. The number of pyridine rings is 2. The third-order valence-corrected chi connectivity index (χ3v) is 5.18. The fraction of sp³-hybridized carbons (Fsp3) is 0.278. The van der Waals surface area contributed by atoms with E-state index in [4.69, 9.17) is 4.98 Å². The lowest BCUT2D eigenvalue weighted by Gasteiger charge is -2.22. The molecule has 0 radical (unpaired) electrons. The highest BCUT2D eigenvalue weighted by molar-refractivity contribution is 7.18. The van der Waals surface area contributed by atoms with Crippen molar-refractivity contribution < 1.29 is 0 Å². The predicted octanol–water partition coefficient (Wildman–Crippen LogP) is 3.81. The lowest BCUT2D eigenvalue weighted by Crippen LogP contribution is -2.27. The molecule has 1 saturated heterocycles. The van der Waals surface area contributed by atoms with Gasteiger partial charge in [-0.15, -0.1) is 0 Å². The molecule has 6 heteroatoms. The zero-order valence-electron chi connectivity index (χ0n) is 13.3. The smallest absolute Gasteiger partial charge is 0.188 e. The van der Waals surface area contributed by atoms with E-state index in [1.807, 2.05) is 30.6 Å². The van der Waals surface area contributed by atoms with Crippen LogP contribution in [0.2, 0.25) is 0 Å². The molecule has 0 unspecified atom stereocenters. The van der Waals surface area contributed by atoms with Gasteiger partial charge in [-0.1, -0.05) is 23.5 Å². The van der Waals surface area contributed by atoms with Crippen molar-refractivity contribution in [2.24, 2.45) is 0 Å². The largest absolute Gasteiger partial charge is 0.317 e. The van der Waals surface area contributed by atoms with Gasteiger partial charge in [-0.3, -0.25) is 4.98 Å². The van der Waals surface area contributed by atoms with E-state index in [1.165, 1.54) is 5.69 Å². The molecule has 122 valence electrons. The van der Waals surface area contributed by atoms with Crippen molar-refractivity contribution in [1.29, 1.82) is 0 Å². The zero-order chi connectivity index (χ0) is 16.2. The minimum absolute atomic E-state index is 0.551. The highest BCUT2D eigenvalue weighted by Crippen LogP contribution is 2.30. The first-order valence-corrected chi connectivity index (χ1v) is 9.01. The molecule has 0 amide bonds. The van der Waals surface area contributed by atoms with Crippen LogP contribution in [0.1, 0.15) is 24.5 Å². The Hall–Kier alpha value is -2.31. The van der Waals surface area contributed by atoms with Crippen LogP contribution in [0.3, 0.4) is 0 Å². The number of anilines is 2. The van der Waals surface area contributed by atoms with E-state index in [-0.39, 0.29) is 0 Å². The Morgan fingerprint density at radius 3 is 2.83 bits per heavy atom. The van der Waals surface area contributed by atoms with Crippen LogP contribution in [0, 0.1) is 0 Å². The predicted molar refractivity (Wildman–Crippen MR) is 97.7 cm³/mol. The van der Waals surface area contributed by atoms with Gasteiger partial charge in [0.2, 0.25) is 0 Å². The fourth-order valence-electron chi connectivity index (χ4n) is 2.95. The van der Waals surface area contributed by atoms with Gasteiger partial charge in [0.15, 0.2) is 5.13 Å². The molecule has 4 rings (SSSR count). The molecular formula is C18H19N5S. The Balaban J connectivity index is 1.50. The summed E-state index contributed by atoms with van der Waals surface area (Å²) >= 11 is 1.61. The average Bonchev–Trinajstić information content (AvgIpc) is 3.12. The molecule has 0 atom stereocenters. The number of piperidine rings is 1. The minimum Gasteiger partial charge on any atom is -0.317 e. The number of nitrogens with one attached hydrogen (secondary N) is 2. The van der Waals surface area contributed by atoms with Crippen LogP contribution in [-0.2, 0) is 0 Å². The maximum Gasteiger partial charge on any atom is 0.188 e. The second-order valence-corrected chi connectivity index (χ2v) is 6.90. The summed E-state index contributed by atoms with van der Waals surface area (Å²) in [5.41, 5.74) is 2.25. The van der Waals surface area contributed by atoms with Crippen LogP contribution >= 0.6 is 11.3 Å². The summed E-state index contributed by atoms with van der Waals surface area (Å²) in [6.45, 7) is 2.15. The Morgan fingerprint density at radius 2 is 2.00 bits per heavy atom. The number of hydrogen-bond donors (Lipinski definition) is 2. The number of hydrogen-bond acceptors (Lipinski definition) is 6. The van der Waals surface area contributed by atoms with Gasteiger partial charge < -0.3 is 10.6 Å². The standard InChI is InChI=1S/C18H19N5S/c1-4-15(13-6-9-19-10-7-13)22-17(5-1)23-18-21-12-16(24-18)14-3-2-8-20-11-14/h1-5,8,11-13,19H,6-7,9-10H2,(H,21,22,23). The van der Waals surface area contributed by atoms with Gasteiger partial charge in [-0.2, -0.15) is 0 Å². The molecule has 3 aromatic rings. The lowest BCUT2D eigenvalue weighted by atomic mass is 9.94. The second kappa shape index (κ2) is 7.07. The van der Waals surface area contributed by atoms with Gasteiger partial charge in [0.05, 0.1) is 4.88 Å². The van der Waals surface area contributed by atoms with Crippen molar-refractivity contribution in [1.82, 2.24) is 20.3 Å². The third kappa shape index (κ3) is 3.44. The maximum atomic E-state index is 4.79. The molecule has 1 aliphatic heterocycles. The van der Waals surface area contributed by atoms with Gasteiger partial charge in [-0.25, -0.2) is 9.97 Å². The van der Waals surface area contributed by atoms with Crippen LogP contribution < -0.4 is 10.6 Å². The van der Waals surface area contributed by atoms with E-state index in [0.717, 1.165) is 47.3 Å². The second-order valence-electron chi connectivity index (χ2n) is 5.87. The summed E-state index contributed by atoms with van der Waals surface area (Å²) in [7, 11) is 0. The Bertz CT molecular complexity index is 796. The molecule has 0 spiro atoms. The van der Waals surface area contributed by atoms with Crippen LogP contribution in [0.4, 0.5) is 10.9 Å². The summed E-state index contributed by atoms with van der Waals surface area (Å²) in [6, 6.07) is 10.2. The number of rotatable bonds is 4. The van der Waals surface area contributed by atoms with Gasteiger partial charge in [0, 0.05) is 35.8 Å². The summed E-state index contributed by atoms with van der Waals surface area (Å²) in [5, 5.41) is 7.58. The quantitative estimate of drug-likeness (QED) is 0.758. The normalized spacial score (nSPS) is 15.3. The van der Waals surface area contributed by atoms with Crippen LogP contribution in [0.5, 0.6) is 0 Å². The van der Waals surface area contributed by atoms with E-state index in [1.54, 1.807) is 17.5 Å². The molecule has 24 heavy (non-hydrogen) atoms. The third-order valence-electron chi connectivity index (χ3n) is 4.21. The zero-order valence-corrected chi connectivity index (χ0v) is 14.1. The van der Waals surface area contributed by atoms with Crippen LogP contribution in [0.25, 0.3) is 10.4 Å². The Labute approximate surface area is 145 Å². The number of thiazole rings is 1. The Kier molecular flexibility index (Phi) is 4.49. The van der Waals surface area contributed by atoms with Crippen LogP contribution in [-0.4, -0.2) is 28.0 Å². The first-order chi connectivity index (χ1) is 11.9. The van der Waals surface area contributed by atoms with Crippen LogP contribution in [0.15, 0.2) is 48.9 Å². The monoisotopic (exact) mass is 337 g/mol. The van der Waals surface area contributed by atoms with Gasteiger partial charge in [-0.05, 0) is 44.1 Å². The average molecular weight is 337 g/mol. The van der Waals surface area contributed by atoms with Crippen molar-refractivity contribution >= 4 is 22.3 Å². The summed E-state index contributed by atoms with van der Waals surface area (Å²) in [5.74, 6) is 1.41. The van der Waals surface area contributed by atoms with Crippen molar-refractivity contribution in [2.75, 3.05) is 18.4 Å². The number of nitrogens with zero attached hydrogens (tertiary/aromatic N) is 3. The van der Waals surface area contributed by atoms with E-state index in [0.29, 0.717) is 5.92 Å². The van der Waals surface area contributed by atoms with Crippen molar-refractivity contribution in [2.45, 2.75) is 18.8 Å². The van der Waals surface area contributed by atoms with Crippen molar-refractivity contribution in [3.8, 4) is 10.4 Å². The molecule has 0 aliphatic carbocycles. The maximum absolute atomic E-state index is 4.79. The molecule has 5 nitrogen and oxygen atoms in total. The van der Waals surface area contributed by atoms with E-state index < -0.39 is 0 Å². The molecule has 1 fully saturated rings. The molecule has 3 aromatic heterocycles. The lowest BCUT2D eigenvalue weighted by molar-refractivity contribution is 0.453. The van der Waals surface area contributed by atoms with Crippen molar-refractivity contribution in [3.05, 3.63) is 54.6 Å². The molecule has 0 saturated carbocycles. The fourth-order valence-corrected chi connectivity index (χ4v) is 3.76. The summed E-state index contributed by atoms with van der Waals surface area (Å²) < 4.78 is 0. The van der Waals surface area contributed by atoms with E-state index in [9.17, 15) is 0 Å². The molecule has 0 bridgehead atoms. The first-order valence-electron chi connectivity index (χ1n) is 8.19. The molecule has 0 aromatic carbocycles. The number of aromatic nitrogens is 3. The topological polar surface area (TPSA) is 62.7 Å².